The lowest BCUT2D eigenvalue weighted by molar-refractivity contribution is -0.382. The Hall–Kier alpha value is -1.15. The van der Waals surface area contributed by atoms with Crippen molar-refractivity contribution in [3.05, 3.63) is 29.8 Å². The average molecular weight is 478 g/mol. The highest BCUT2D eigenvalue weighted by molar-refractivity contribution is 7.97. The summed E-state index contributed by atoms with van der Waals surface area (Å²) >= 11 is 0. The highest BCUT2D eigenvalue weighted by atomic mass is 32.2. The summed E-state index contributed by atoms with van der Waals surface area (Å²) < 4.78 is 135. The predicted molar refractivity (Wildman–Crippen MR) is 86.4 cm³/mol. The Morgan fingerprint density at radius 3 is 1.59 bits per heavy atom. The van der Waals surface area contributed by atoms with E-state index in [4.69, 9.17) is 0 Å². The van der Waals surface area contributed by atoms with Gasteiger partial charge in [0.25, 0.3) is 0 Å². The molecule has 0 spiro atoms. The van der Waals surface area contributed by atoms with Gasteiger partial charge in [0, 0.05) is 10.9 Å². The monoisotopic (exact) mass is 478 g/mol. The van der Waals surface area contributed by atoms with Gasteiger partial charge in [0.15, 0.2) is 15.0 Å². The normalized spacial score (nSPS) is 17.1. The van der Waals surface area contributed by atoms with Gasteiger partial charge in [0.05, 0.1) is 0 Å². The summed E-state index contributed by atoms with van der Waals surface area (Å²) in [5, 5.41) is -7.11. The summed E-state index contributed by atoms with van der Waals surface area (Å²) in [6.07, 6.45) is -4.28. The Morgan fingerprint density at radius 1 is 0.828 bits per heavy atom. The van der Waals surface area contributed by atoms with Crippen LogP contribution < -0.4 is 0 Å². The van der Waals surface area contributed by atoms with Crippen molar-refractivity contribution < 1.29 is 52.5 Å². The van der Waals surface area contributed by atoms with Crippen LogP contribution in [0.3, 0.4) is 0 Å². The van der Waals surface area contributed by atoms with E-state index in [1.807, 2.05) is 0 Å². The Kier molecular flexibility index (Phi) is 7.62. The number of benzene rings is 1. The second kappa shape index (κ2) is 8.53. The molecule has 0 saturated carbocycles. The van der Waals surface area contributed by atoms with Crippen LogP contribution in [0.5, 0.6) is 0 Å². The summed E-state index contributed by atoms with van der Waals surface area (Å²) in [6, 6.07) is 9.09. The number of rotatable bonds is 4. The molecule has 0 atom stereocenters. The third-order valence-corrected chi connectivity index (χ3v) is 7.20. The molecule has 0 N–H and O–H groups in total. The zero-order valence-electron chi connectivity index (χ0n) is 14.6. The first-order chi connectivity index (χ1) is 12.9. The van der Waals surface area contributed by atoms with E-state index in [9.17, 15) is 52.5 Å². The van der Waals surface area contributed by atoms with Crippen LogP contribution in [0.25, 0.3) is 0 Å². The smallest absolute Gasteiger partial charge is 0.460 e. The fourth-order valence-electron chi connectivity index (χ4n) is 2.14. The quantitative estimate of drug-likeness (QED) is 0.358. The van der Waals surface area contributed by atoms with Gasteiger partial charge in [-0.1, -0.05) is 17.7 Å². The van der Waals surface area contributed by atoms with Gasteiger partial charge < -0.3 is 4.55 Å². The molecule has 2 rings (SSSR count). The van der Waals surface area contributed by atoms with Crippen LogP contribution in [-0.2, 0) is 21.0 Å². The summed E-state index contributed by atoms with van der Waals surface area (Å²) in [5.74, 6) is -12.0. The van der Waals surface area contributed by atoms with E-state index in [1.54, 1.807) is 4.90 Å². The average Bonchev–Trinajstić information content (AvgIpc) is 3.08. The van der Waals surface area contributed by atoms with Gasteiger partial charge in [-0.15, -0.1) is 0 Å². The standard InChI is InChI=1S/C11H15S.C4HF9O3S/c1-10-4-6-11(7-5-10)12-8-2-3-9-12;5-1(6,3(9,10)11)2(7,8)4(12,13)17(14,15)16/h4-7H,2-3,8-9H2,1H3;(H,14,15,16)/q+1;/p-1. The highest BCUT2D eigenvalue weighted by Gasteiger charge is 2.83. The maximum atomic E-state index is 12.2. The fraction of sp³-hybridized carbons (Fsp3) is 0.600. The molecule has 3 nitrogen and oxygen atoms in total. The molecule has 1 saturated heterocycles. The molecule has 1 aromatic carbocycles. The molecule has 0 radical (unpaired) electrons. The first-order valence-corrected chi connectivity index (χ1v) is 10.7. The van der Waals surface area contributed by atoms with Gasteiger partial charge in [-0.25, -0.2) is 8.42 Å². The van der Waals surface area contributed by atoms with Crippen molar-refractivity contribution in [2.24, 2.45) is 0 Å². The lowest BCUT2D eigenvalue weighted by Gasteiger charge is -2.34. The molecule has 1 aliphatic rings. The Labute approximate surface area is 163 Å². The van der Waals surface area contributed by atoms with Crippen molar-refractivity contribution in [1.29, 1.82) is 0 Å². The second-order valence-corrected chi connectivity index (χ2v) is 9.73. The van der Waals surface area contributed by atoms with Crippen molar-refractivity contribution in [3.8, 4) is 0 Å². The van der Waals surface area contributed by atoms with E-state index in [1.165, 1.54) is 29.9 Å². The molecule has 0 bridgehead atoms. The number of alkyl halides is 9. The van der Waals surface area contributed by atoms with Crippen LogP contribution in [0.2, 0.25) is 0 Å². The molecule has 1 heterocycles. The molecule has 1 aromatic rings. The molecule has 0 amide bonds. The third kappa shape index (κ3) is 5.32. The molecular weight excluding hydrogens is 463 g/mol. The fourth-order valence-corrected chi connectivity index (χ4v) is 4.88. The SMILES string of the molecule is Cc1ccc([S+]2CCCC2)cc1.O=S(=O)([O-])C(F)(F)C(F)(F)C(F)(F)C(F)(F)F. The van der Waals surface area contributed by atoms with Gasteiger partial charge in [0.1, 0.15) is 11.5 Å². The number of hydrogen-bond donors (Lipinski definition) is 0. The van der Waals surface area contributed by atoms with Crippen molar-refractivity contribution >= 4 is 21.0 Å². The van der Waals surface area contributed by atoms with Gasteiger partial charge in [-0.05, 0) is 31.9 Å². The minimum atomic E-state index is -7.43. The zero-order chi connectivity index (χ0) is 22.9. The van der Waals surface area contributed by atoms with E-state index in [0.29, 0.717) is 10.9 Å². The van der Waals surface area contributed by atoms with Crippen molar-refractivity contribution in [1.82, 2.24) is 0 Å². The zero-order valence-corrected chi connectivity index (χ0v) is 16.2. The van der Waals surface area contributed by atoms with E-state index >= 15 is 0 Å². The number of hydrogen-bond acceptors (Lipinski definition) is 3. The topological polar surface area (TPSA) is 57.2 Å². The molecule has 29 heavy (non-hydrogen) atoms. The molecular formula is C15H15F9O3S2. The lowest BCUT2D eigenvalue weighted by Crippen LogP contribution is -2.63. The van der Waals surface area contributed by atoms with E-state index < -0.39 is 33.4 Å². The van der Waals surface area contributed by atoms with Crippen molar-refractivity contribution in [2.45, 2.75) is 47.9 Å². The first kappa shape index (κ1) is 25.9. The predicted octanol–water partition coefficient (Wildman–Crippen LogP) is 4.72. The molecule has 1 aliphatic heterocycles. The molecule has 168 valence electrons. The molecule has 0 unspecified atom stereocenters. The van der Waals surface area contributed by atoms with Gasteiger partial charge in [-0.3, -0.25) is 0 Å². The van der Waals surface area contributed by atoms with Crippen molar-refractivity contribution in [3.63, 3.8) is 0 Å². The maximum absolute atomic E-state index is 12.2. The van der Waals surface area contributed by atoms with Gasteiger partial charge in [-0.2, -0.15) is 39.5 Å². The first-order valence-electron chi connectivity index (χ1n) is 7.76. The summed E-state index contributed by atoms with van der Waals surface area (Å²) in [6.45, 7) is 2.15. The van der Waals surface area contributed by atoms with Crippen LogP contribution in [0.15, 0.2) is 29.2 Å². The minimum Gasteiger partial charge on any atom is -0.743 e. The second-order valence-electron chi connectivity index (χ2n) is 6.04. The minimum absolute atomic E-state index is 0.601. The summed E-state index contributed by atoms with van der Waals surface area (Å²) in [7, 11) is -6.82. The van der Waals surface area contributed by atoms with E-state index in [0.717, 1.165) is 0 Å². The van der Waals surface area contributed by atoms with Gasteiger partial charge in [0.2, 0.25) is 0 Å². The number of halogens is 9. The van der Waals surface area contributed by atoms with Crippen LogP contribution in [0.1, 0.15) is 18.4 Å². The molecule has 14 heteroatoms. The van der Waals surface area contributed by atoms with Gasteiger partial charge >= 0.3 is 23.3 Å². The van der Waals surface area contributed by atoms with Crippen LogP contribution in [-0.4, -0.2) is 47.8 Å². The summed E-state index contributed by atoms with van der Waals surface area (Å²) in [5.41, 5.74) is 1.38. The molecule has 0 aliphatic carbocycles. The number of aryl methyl sites for hydroxylation is 1. The molecule has 0 aromatic heterocycles. The maximum Gasteiger partial charge on any atom is 0.460 e. The Bertz CT molecular complexity index is 784. The highest BCUT2D eigenvalue weighted by Crippen LogP contribution is 2.54. The Balaban J connectivity index is 0.000000304. The third-order valence-electron chi connectivity index (χ3n) is 3.82. The van der Waals surface area contributed by atoms with Crippen LogP contribution >= 0.6 is 0 Å². The van der Waals surface area contributed by atoms with E-state index in [2.05, 4.69) is 31.2 Å². The Morgan fingerprint density at radius 2 is 1.24 bits per heavy atom. The van der Waals surface area contributed by atoms with Crippen LogP contribution in [0.4, 0.5) is 39.5 Å². The van der Waals surface area contributed by atoms with Crippen LogP contribution in [0, 0.1) is 6.92 Å². The lowest BCUT2D eigenvalue weighted by atomic mass is 10.1. The largest absolute Gasteiger partial charge is 0.743 e. The summed E-state index contributed by atoms with van der Waals surface area (Å²) in [4.78, 5) is 1.58. The van der Waals surface area contributed by atoms with E-state index in [-0.39, 0.29) is 0 Å². The van der Waals surface area contributed by atoms with Crippen molar-refractivity contribution in [2.75, 3.05) is 11.5 Å². The molecule has 1 fully saturated rings.